The van der Waals surface area contributed by atoms with Crippen molar-refractivity contribution in [3.05, 3.63) is 70.6 Å². The van der Waals surface area contributed by atoms with Gasteiger partial charge in [0.25, 0.3) is 0 Å². The van der Waals surface area contributed by atoms with Gasteiger partial charge in [-0.2, -0.15) is 14.9 Å². The quantitative estimate of drug-likeness (QED) is 0.434. The Morgan fingerprint density at radius 1 is 1.12 bits per heavy atom. The molecule has 2 N–H and O–H groups in total. The average molecular weight is 333 g/mol. The molecular formula is C18H15N5S. The van der Waals surface area contributed by atoms with Gasteiger partial charge < -0.3 is 4.98 Å². The van der Waals surface area contributed by atoms with Crippen molar-refractivity contribution in [1.82, 2.24) is 19.9 Å². The van der Waals surface area contributed by atoms with Crippen LogP contribution in [0.3, 0.4) is 0 Å². The normalized spacial score (nSPS) is 11.5. The van der Waals surface area contributed by atoms with E-state index in [0.717, 1.165) is 27.6 Å². The van der Waals surface area contributed by atoms with Gasteiger partial charge in [0.15, 0.2) is 5.82 Å². The van der Waals surface area contributed by atoms with Crippen LogP contribution in [0.1, 0.15) is 11.1 Å². The summed E-state index contributed by atoms with van der Waals surface area (Å²) in [6, 6.07) is 16.1. The predicted octanol–water partition coefficient (Wildman–Crippen LogP) is 4.28. The Kier molecular flexibility index (Phi) is 3.59. The third kappa shape index (κ3) is 2.47. The van der Waals surface area contributed by atoms with Gasteiger partial charge in [-0.3, -0.25) is 0 Å². The number of aryl methyl sites for hydroxylation is 1. The molecule has 0 amide bonds. The number of hydrogen-bond donors (Lipinski definition) is 2. The SMILES string of the molecule is Cc1ccccc1-c1n[nH]c(=S)n1/N=C\c1c[nH]c2ccccc12. The molecule has 0 bridgehead atoms. The van der Waals surface area contributed by atoms with Crippen LogP contribution in [0.15, 0.2) is 59.8 Å². The van der Waals surface area contributed by atoms with E-state index in [4.69, 9.17) is 12.2 Å². The van der Waals surface area contributed by atoms with Gasteiger partial charge in [-0.05, 0) is 30.8 Å². The topological polar surface area (TPSA) is 61.8 Å². The van der Waals surface area contributed by atoms with E-state index in [0.29, 0.717) is 10.6 Å². The third-order valence-corrected chi connectivity index (χ3v) is 4.23. The van der Waals surface area contributed by atoms with E-state index in [-0.39, 0.29) is 0 Å². The Hall–Kier alpha value is -2.99. The van der Waals surface area contributed by atoms with Gasteiger partial charge in [0, 0.05) is 28.2 Å². The van der Waals surface area contributed by atoms with Crippen LogP contribution in [0.4, 0.5) is 0 Å². The van der Waals surface area contributed by atoms with Gasteiger partial charge in [-0.1, -0.05) is 42.5 Å². The summed E-state index contributed by atoms with van der Waals surface area (Å²) in [5.74, 6) is 0.703. The van der Waals surface area contributed by atoms with Gasteiger partial charge in [0.1, 0.15) is 0 Å². The molecule has 2 aromatic heterocycles. The van der Waals surface area contributed by atoms with Crippen molar-refractivity contribution in [2.45, 2.75) is 6.92 Å². The number of benzene rings is 2. The summed E-state index contributed by atoms with van der Waals surface area (Å²) in [7, 11) is 0. The first kappa shape index (κ1) is 14.6. The molecule has 0 saturated carbocycles. The molecule has 0 aliphatic rings. The number of rotatable bonds is 3. The molecule has 0 spiro atoms. The smallest absolute Gasteiger partial charge is 0.216 e. The maximum atomic E-state index is 5.33. The first-order valence-corrected chi connectivity index (χ1v) is 7.99. The highest BCUT2D eigenvalue weighted by atomic mass is 32.1. The van der Waals surface area contributed by atoms with Crippen molar-refractivity contribution < 1.29 is 0 Å². The summed E-state index contributed by atoms with van der Waals surface area (Å²) in [5, 5.41) is 12.8. The monoisotopic (exact) mass is 333 g/mol. The van der Waals surface area contributed by atoms with Crippen LogP contribution in [0, 0.1) is 11.7 Å². The third-order valence-electron chi connectivity index (χ3n) is 3.97. The number of H-pyrrole nitrogens is 2. The Morgan fingerprint density at radius 3 is 2.79 bits per heavy atom. The van der Waals surface area contributed by atoms with Gasteiger partial charge in [-0.25, -0.2) is 5.10 Å². The highest BCUT2D eigenvalue weighted by Gasteiger charge is 2.10. The minimum absolute atomic E-state index is 0.462. The molecule has 0 aliphatic carbocycles. The summed E-state index contributed by atoms with van der Waals surface area (Å²) >= 11 is 5.33. The molecule has 24 heavy (non-hydrogen) atoms. The molecule has 4 rings (SSSR count). The largest absolute Gasteiger partial charge is 0.361 e. The fourth-order valence-electron chi connectivity index (χ4n) is 2.72. The molecule has 2 aromatic carbocycles. The molecule has 0 saturated heterocycles. The van der Waals surface area contributed by atoms with Crippen LogP contribution in [0.2, 0.25) is 0 Å². The second kappa shape index (κ2) is 5.90. The Labute approximate surface area is 143 Å². The minimum Gasteiger partial charge on any atom is -0.361 e. The van der Waals surface area contributed by atoms with Crippen LogP contribution in [0.25, 0.3) is 22.3 Å². The van der Waals surface area contributed by atoms with Crippen LogP contribution < -0.4 is 0 Å². The van der Waals surface area contributed by atoms with E-state index in [1.54, 1.807) is 10.9 Å². The lowest BCUT2D eigenvalue weighted by molar-refractivity contribution is 0.871. The van der Waals surface area contributed by atoms with Gasteiger partial charge in [0.2, 0.25) is 4.77 Å². The van der Waals surface area contributed by atoms with Crippen molar-refractivity contribution in [3.8, 4) is 11.4 Å². The van der Waals surface area contributed by atoms with Crippen LogP contribution in [-0.4, -0.2) is 26.1 Å². The van der Waals surface area contributed by atoms with E-state index < -0.39 is 0 Å². The Balaban J connectivity index is 1.80. The van der Waals surface area contributed by atoms with Crippen LogP contribution in [-0.2, 0) is 0 Å². The van der Waals surface area contributed by atoms with E-state index in [9.17, 15) is 0 Å². The molecule has 0 radical (unpaired) electrons. The second-order valence-electron chi connectivity index (χ2n) is 5.51. The number of fused-ring (bicyclic) bond motifs is 1. The molecule has 0 fully saturated rings. The molecule has 0 aliphatic heterocycles. The molecule has 5 nitrogen and oxygen atoms in total. The zero-order valence-corrected chi connectivity index (χ0v) is 13.8. The standard InChI is InChI=1S/C18H15N5S/c1-12-6-2-3-7-14(12)17-21-22-18(24)23(17)20-11-13-10-19-16-9-5-4-8-15(13)16/h2-11,19H,1H3,(H,22,24)/b20-11-. The lowest BCUT2D eigenvalue weighted by Gasteiger charge is -2.04. The number of nitrogens with one attached hydrogen (secondary N) is 2. The average Bonchev–Trinajstić information content (AvgIpc) is 3.17. The maximum Gasteiger partial charge on any atom is 0.216 e. The zero-order valence-electron chi connectivity index (χ0n) is 13.0. The van der Waals surface area contributed by atoms with Crippen molar-refractivity contribution in [1.29, 1.82) is 0 Å². The molecule has 2 heterocycles. The molecule has 4 aromatic rings. The lowest BCUT2D eigenvalue weighted by atomic mass is 10.1. The number of aromatic amines is 2. The fraction of sp³-hybridized carbons (Fsp3) is 0.0556. The first-order chi connectivity index (χ1) is 11.7. The van der Waals surface area contributed by atoms with E-state index >= 15 is 0 Å². The molecule has 6 heteroatoms. The molecule has 118 valence electrons. The lowest BCUT2D eigenvalue weighted by Crippen LogP contribution is -1.96. The minimum atomic E-state index is 0.462. The number of hydrogen-bond acceptors (Lipinski definition) is 3. The highest BCUT2D eigenvalue weighted by molar-refractivity contribution is 7.71. The second-order valence-corrected chi connectivity index (χ2v) is 5.90. The van der Waals surface area contributed by atoms with Crippen molar-refractivity contribution in [2.24, 2.45) is 5.10 Å². The summed E-state index contributed by atoms with van der Waals surface area (Å²) in [6.07, 6.45) is 3.73. The Bertz CT molecular complexity index is 1100. The zero-order chi connectivity index (χ0) is 16.5. The van der Waals surface area contributed by atoms with Crippen molar-refractivity contribution in [2.75, 3.05) is 0 Å². The van der Waals surface area contributed by atoms with E-state index in [1.807, 2.05) is 55.6 Å². The van der Waals surface area contributed by atoms with E-state index in [1.165, 1.54) is 0 Å². The predicted molar refractivity (Wildman–Crippen MR) is 98.9 cm³/mol. The van der Waals surface area contributed by atoms with Gasteiger partial charge in [0.05, 0.1) is 6.21 Å². The number of aromatic nitrogens is 4. The van der Waals surface area contributed by atoms with Crippen molar-refractivity contribution >= 4 is 29.3 Å². The summed E-state index contributed by atoms with van der Waals surface area (Å²) in [5.41, 5.74) is 4.20. The van der Waals surface area contributed by atoms with Crippen LogP contribution in [0.5, 0.6) is 0 Å². The molecule has 0 unspecified atom stereocenters. The van der Waals surface area contributed by atoms with Crippen molar-refractivity contribution in [3.63, 3.8) is 0 Å². The first-order valence-electron chi connectivity index (χ1n) is 7.58. The molecular weight excluding hydrogens is 318 g/mol. The molecule has 0 atom stereocenters. The fourth-order valence-corrected chi connectivity index (χ4v) is 2.90. The van der Waals surface area contributed by atoms with E-state index in [2.05, 4.69) is 26.3 Å². The van der Waals surface area contributed by atoms with Gasteiger partial charge >= 0.3 is 0 Å². The number of para-hydroxylation sites is 1. The van der Waals surface area contributed by atoms with Gasteiger partial charge in [-0.15, -0.1) is 0 Å². The highest BCUT2D eigenvalue weighted by Crippen LogP contribution is 2.21. The maximum absolute atomic E-state index is 5.33. The summed E-state index contributed by atoms with van der Waals surface area (Å²) in [4.78, 5) is 3.24. The van der Waals surface area contributed by atoms with Crippen LogP contribution >= 0.6 is 12.2 Å². The summed E-state index contributed by atoms with van der Waals surface area (Å²) in [6.45, 7) is 2.04. The number of nitrogens with zero attached hydrogens (tertiary/aromatic N) is 3. The Morgan fingerprint density at radius 2 is 1.92 bits per heavy atom. The summed E-state index contributed by atoms with van der Waals surface area (Å²) < 4.78 is 2.11.